The van der Waals surface area contributed by atoms with Gasteiger partial charge in [-0.15, -0.1) is 0 Å². The van der Waals surface area contributed by atoms with Crippen LogP contribution in [-0.2, 0) is 19.2 Å². The molecule has 2 rings (SSSR count). The standard InChI is InChI=1S/C16H18FN3O5/c1-9(15(24)18-7-14(22)23)19-16(25)10-6-13(21)20(8-10)12-4-2-11(17)3-5-12/h2-5,9-10H,6-8H2,1H3,(H,18,24)(H,19,25)(H,22,23)/t9-,10+/m0/s1. The Bertz CT molecular complexity index is 692. The maximum atomic E-state index is 13.0. The molecule has 0 unspecified atom stereocenters. The molecule has 0 aliphatic carbocycles. The molecular formula is C16H18FN3O5. The van der Waals surface area contributed by atoms with Gasteiger partial charge >= 0.3 is 5.97 Å². The zero-order valence-corrected chi connectivity index (χ0v) is 13.5. The van der Waals surface area contributed by atoms with Crippen LogP contribution in [-0.4, -0.2) is 47.9 Å². The second-order valence-corrected chi connectivity index (χ2v) is 5.72. The lowest BCUT2D eigenvalue weighted by Gasteiger charge is -2.18. The topological polar surface area (TPSA) is 116 Å². The number of carboxylic acid groups (broad SMARTS) is 1. The largest absolute Gasteiger partial charge is 0.480 e. The number of carboxylic acids is 1. The molecule has 3 amide bonds. The molecule has 1 aliphatic heterocycles. The number of carbonyl (C=O) groups is 4. The molecule has 0 saturated carbocycles. The van der Waals surface area contributed by atoms with E-state index in [2.05, 4.69) is 10.6 Å². The van der Waals surface area contributed by atoms with Crippen LogP contribution >= 0.6 is 0 Å². The van der Waals surface area contributed by atoms with E-state index >= 15 is 0 Å². The molecule has 8 nitrogen and oxygen atoms in total. The predicted octanol–water partition coefficient (Wildman–Crippen LogP) is -0.116. The van der Waals surface area contributed by atoms with Crippen molar-refractivity contribution in [3.63, 3.8) is 0 Å². The number of anilines is 1. The summed E-state index contributed by atoms with van der Waals surface area (Å²) in [6, 6.07) is 4.43. The van der Waals surface area contributed by atoms with Gasteiger partial charge in [0, 0.05) is 18.7 Å². The first-order valence-corrected chi connectivity index (χ1v) is 7.63. The quantitative estimate of drug-likeness (QED) is 0.661. The summed E-state index contributed by atoms with van der Waals surface area (Å²) >= 11 is 0. The van der Waals surface area contributed by atoms with Crippen molar-refractivity contribution in [2.75, 3.05) is 18.0 Å². The normalized spacial score (nSPS) is 17.9. The van der Waals surface area contributed by atoms with Gasteiger partial charge in [-0.1, -0.05) is 0 Å². The molecule has 9 heteroatoms. The lowest BCUT2D eigenvalue weighted by atomic mass is 10.1. The third-order valence-corrected chi connectivity index (χ3v) is 3.80. The van der Waals surface area contributed by atoms with Gasteiger partial charge < -0.3 is 20.6 Å². The fourth-order valence-corrected chi connectivity index (χ4v) is 2.47. The highest BCUT2D eigenvalue weighted by atomic mass is 19.1. The summed E-state index contributed by atoms with van der Waals surface area (Å²) in [5.41, 5.74) is 0.494. The Labute approximate surface area is 143 Å². The minimum Gasteiger partial charge on any atom is -0.480 e. The number of benzene rings is 1. The van der Waals surface area contributed by atoms with Crippen molar-refractivity contribution in [1.29, 1.82) is 0 Å². The summed E-state index contributed by atoms with van der Waals surface area (Å²) in [6.45, 7) is 1.00. The summed E-state index contributed by atoms with van der Waals surface area (Å²) in [5, 5.41) is 13.1. The van der Waals surface area contributed by atoms with Crippen LogP contribution in [0.25, 0.3) is 0 Å². The molecule has 1 aromatic rings. The number of nitrogens with one attached hydrogen (secondary N) is 2. The van der Waals surface area contributed by atoms with Gasteiger partial charge in [0.25, 0.3) is 0 Å². The third kappa shape index (κ3) is 4.75. The molecule has 0 aromatic heterocycles. The fourth-order valence-electron chi connectivity index (χ4n) is 2.47. The summed E-state index contributed by atoms with van der Waals surface area (Å²) in [6.07, 6.45) is -0.0212. The first-order chi connectivity index (χ1) is 11.8. The van der Waals surface area contributed by atoms with E-state index in [9.17, 15) is 23.6 Å². The van der Waals surface area contributed by atoms with Crippen molar-refractivity contribution in [2.45, 2.75) is 19.4 Å². The van der Waals surface area contributed by atoms with Gasteiger partial charge in [0.1, 0.15) is 18.4 Å². The number of halogens is 1. The number of carbonyl (C=O) groups excluding carboxylic acids is 3. The highest BCUT2D eigenvalue weighted by Crippen LogP contribution is 2.25. The lowest BCUT2D eigenvalue weighted by Crippen LogP contribution is -2.48. The van der Waals surface area contributed by atoms with Crippen LogP contribution in [0.3, 0.4) is 0 Å². The van der Waals surface area contributed by atoms with Crippen LogP contribution < -0.4 is 15.5 Å². The maximum absolute atomic E-state index is 13.0. The van der Waals surface area contributed by atoms with E-state index in [4.69, 9.17) is 5.11 Å². The minimum absolute atomic E-state index is 0.0212. The van der Waals surface area contributed by atoms with Gasteiger partial charge in [-0.05, 0) is 31.2 Å². The minimum atomic E-state index is -1.19. The van der Waals surface area contributed by atoms with Crippen molar-refractivity contribution >= 4 is 29.4 Å². The highest BCUT2D eigenvalue weighted by Gasteiger charge is 2.36. The Hall–Kier alpha value is -2.97. The van der Waals surface area contributed by atoms with Crippen LogP contribution in [0.5, 0.6) is 0 Å². The van der Waals surface area contributed by atoms with Crippen LogP contribution in [0.2, 0.25) is 0 Å². The number of rotatable bonds is 6. The van der Waals surface area contributed by atoms with E-state index in [0.29, 0.717) is 5.69 Å². The van der Waals surface area contributed by atoms with E-state index in [1.165, 1.54) is 36.1 Å². The highest BCUT2D eigenvalue weighted by molar-refractivity contribution is 6.01. The van der Waals surface area contributed by atoms with Crippen molar-refractivity contribution in [2.24, 2.45) is 5.92 Å². The summed E-state index contributed by atoms with van der Waals surface area (Å²) in [7, 11) is 0. The molecule has 2 atom stereocenters. The maximum Gasteiger partial charge on any atom is 0.322 e. The van der Waals surface area contributed by atoms with Gasteiger partial charge in [0.15, 0.2) is 0 Å². The van der Waals surface area contributed by atoms with E-state index in [0.717, 1.165) is 0 Å². The number of amides is 3. The average molecular weight is 351 g/mol. The Morgan fingerprint density at radius 3 is 2.56 bits per heavy atom. The Balaban J connectivity index is 1.92. The fraction of sp³-hybridized carbons (Fsp3) is 0.375. The number of hydrogen-bond acceptors (Lipinski definition) is 4. The molecule has 1 aromatic carbocycles. The molecule has 1 aliphatic rings. The number of nitrogens with zero attached hydrogens (tertiary/aromatic N) is 1. The van der Waals surface area contributed by atoms with E-state index in [1.54, 1.807) is 0 Å². The van der Waals surface area contributed by atoms with Crippen molar-refractivity contribution in [3.8, 4) is 0 Å². The van der Waals surface area contributed by atoms with Crippen molar-refractivity contribution in [1.82, 2.24) is 10.6 Å². The molecule has 1 fully saturated rings. The second kappa shape index (κ2) is 7.73. The molecule has 1 heterocycles. The van der Waals surface area contributed by atoms with Gasteiger partial charge in [-0.3, -0.25) is 19.2 Å². The van der Waals surface area contributed by atoms with E-state index < -0.39 is 42.1 Å². The number of hydrogen-bond donors (Lipinski definition) is 3. The molecule has 0 bridgehead atoms. The third-order valence-electron chi connectivity index (χ3n) is 3.80. The average Bonchev–Trinajstić information content (AvgIpc) is 2.95. The monoisotopic (exact) mass is 351 g/mol. The Morgan fingerprint density at radius 2 is 1.96 bits per heavy atom. The molecule has 1 saturated heterocycles. The van der Waals surface area contributed by atoms with E-state index in [-0.39, 0.29) is 18.9 Å². The Kier molecular flexibility index (Phi) is 5.68. The van der Waals surface area contributed by atoms with Gasteiger partial charge in [0.2, 0.25) is 17.7 Å². The van der Waals surface area contributed by atoms with Crippen molar-refractivity contribution in [3.05, 3.63) is 30.1 Å². The molecular weight excluding hydrogens is 333 g/mol. The molecule has 0 radical (unpaired) electrons. The van der Waals surface area contributed by atoms with Gasteiger partial charge in [-0.25, -0.2) is 4.39 Å². The SMILES string of the molecule is C[C@H](NC(=O)[C@@H]1CC(=O)N(c2ccc(F)cc2)C1)C(=O)NCC(=O)O. The zero-order valence-electron chi connectivity index (χ0n) is 13.5. The lowest BCUT2D eigenvalue weighted by molar-refractivity contribution is -0.138. The second-order valence-electron chi connectivity index (χ2n) is 5.72. The smallest absolute Gasteiger partial charge is 0.322 e. The first kappa shape index (κ1) is 18.4. The first-order valence-electron chi connectivity index (χ1n) is 7.63. The Morgan fingerprint density at radius 1 is 1.32 bits per heavy atom. The van der Waals surface area contributed by atoms with Gasteiger partial charge in [-0.2, -0.15) is 0 Å². The molecule has 3 N–H and O–H groups in total. The summed E-state index contributed by atoms with van der Waals surface area (Å²) in [4.78, 5) is 47.8. The van der Waals surface area contributed by atoms with Crippen LogP contribution in [0, 0.1) is 11.7 Å². The summed E-state index contributed by atoms with van der Waals surface area (Å²) in [5.74, 6) is -3.64. The van der Waals surface area contributed by atoms with Crippen LogP contribution in [0.4, 0.5) is 10.1 Å². The zero-order chi connectivity index (χ0) is 18.6. The molecule has 0 spiro atoms. The van der Waals surface area contributed by atoms with Crippen LogP contribution in [0.1, 0.15) is 13.3 Å². The molecule has 134 valence electrons. The summed E-state index contributed by atoms with van der Waals surface area (Å²) < 4.78 is 13.0. The van der Waals surface area contributed by atoms with Crippen LogP contribution in [0.15, 0.2) is 24.3 Å². The van der Waals surface area contributed by atoms with Crippen molar-refractivity contribution < 1.29 is 28.7 Å². The molecule has 25 heavy (non-hydrogen) atoms. The number of aliphatic carboxylic acids is 1. The van der Waals surface area contributed by atoms with Gasteiger partial charge in [0.05, 0.1) is 5.92 Å². The van der Waals surface area contributed by atoms with E-state index in [1.807, 2.05) is 0 Å². The predicted molar refractivity (Wildman–Crippen MR) is 85.1 cm³/mol.